The van der Waals surface area contributed by atoms with Crippen LogP contribution < -0.4 is 0 Å². The lowest BCUT2D eigenvalue weighted by molar-refractivity contribution is 0.521. The van der Waals surface area contributed by atoms with E-state index in [9.17, 15) is 8.42 Å². The van der Waals surface area contributed by atoms with Gasteiger partial charge in [-0.05, 0) is 23.3 Å². The van der Waals surface area contributed by atoms with E-state index in [1.54, 1.807) is 24.3 Å². The summed E-state index contributed by atoms with van der Waals surface area (Å²) in [6.07, 6.45) is 3.96. The van der Waals surface area contributed by atoms with Crippen LogP contribution in [0.3, 0.4) is 0 Å². The highest BCUT2D eigenvalue weighted by molar-refractivity contribution is 7.89. The molecule has 0 fully saturated rings. The second-order valence-corrected chi connectivity index (χ2v) is 6.75. The van der Waals surface area contributed by atoms with Crippen molar-refractivity contribution in [2.75, 3.05) is 14.1 Å². The topological polar surface area (TPSA) is 37.4 Å². The van der Waals surface area contributed by atoms with Crippen LogP contribution in [0.5, 0.6) is 0 Å². The molecule has 0 unspecified atom stereocenters. The molecule has 0 saturated heterocycles. The predicted octanol–water partition coefficient (Wildman–Crippen LogP) is 3.11. The third-order valence-corrected chi connectivity index (χ3v) is 4.76. The molecule has 0 aliphatic carbocycles. The van der Waals surface area contributed by atoms with Gasteiger partial charge in [-0.25, -0.2) is 12.7 Å². The first kappa shape index (κ1) is 14.5. The molecule has 0 atom stereocenters. The molecular weight excluding hydrogens is 270 g/mol. The average molecular weight is 287 g/mol. The molecule has 0 aromatic heterocycles. The Morgan fingerprint density at radius 1 is 0.800 bits per heavy atom. The Bertz CT molecular complexity index is 687. The lowest BCUT2D eigenvalue weighted by Crippen LogP contribution is -2.22. The summed E-state index contributed by atoms with van der Waals surface area (Å²) >= 11 is 0. The molecule has 0 aliphatic heterocycles. The first-order valence-corrected chi connectivity index (χ1v) is 7.70. The van der Waals surface area contributed by atoms with E-state index in [4.69, 9.17) is 0 Å². The van der Waals surface area contributed by atoms with E-state index in [1.165, 1.54) is 18.4 Å². The van der Waals surface area contributed by atoms with Gasteiger partial charge in [0, 0.05) is 14.1 Å². The van der Waals surface area contributed by atoms with Crippen molar-refractivity contribution in [2.24, 2.45) is 0 Å². The second kappa shape index (κ2) is 6.03. The molecule has 20 heavy (non-hydrogen) atoms. The smallest absolute Gasteiger partial charge is 0.207 e. The minimum atomic E-state index is -3.35. The second-order valence-electron chi connectivity index (χ2n) is 4.60. The fourth-order valence-electron chi connectivity index (χ4n) is 1.72. The lowest BCUT2D eigenvalue weighted by Gasteiger charge is -2.11. The zero-order chi connectivity index (χ0) is 14.6. The first-order chi connectivity index (χ1) is 9.50. The van der Waals surface area contributed by atoms with Gasteiger partial charge in [0.05, 0.1) is 4.90 Å². The molecule has 0 spiro atoms. The molecule has 2 rings (SSSR count). The van der Waals surface area contributed by atoms with Crippen molar-refractivity contribution in [2.45, 2.75) is 4.90 Å². The maximum atomic E-state index is 11.9. The number of hydrogen-bond donors (Lipinski definition) is 0. The standard InChI is InChI=1S/C16H17NO2S/c1-17(2)20(18,19)16-12-10-15(11-13-16)9-8-14-6-4-3-5-7-14/h3-13H,1-2H3/b9-8+. The fourth-order valence-corrected chi connectivity index (χ4v) is 2.62. The first-order valence-electron chi connectivity index (χ1n) is 6.26. The molecule has 0 N–H and O–H groups in total. The van der Waals surface area contributed by atoms with Crippen molar-refractivity contribution in [3.8, 4) is 0 Å². The van der Waals surface area contributed by atoms with E-state index in [1.807, 2.05) is 42.5 Å². The summed E-state index contributed by atoms with van der Waals surface area (Å²) in [5.41, 5.74) is 2.07. The Kier molecular flexibility index (Phi) is 4.37. The molecule has 2 aromatic carbocycles. The van der Waals surface area contributed by atoms with Gasteiger partial charge in [-0.3, -0.25) is 0 Å². The third-order valence-electron chi connectivity index (χ3n) is 2.93. The zero-order valence-corrected chi connectivity index (χ0v) is 12.3. The summed E-state index contributed by atoms with van der Waals surface area (Å²) in [7, 11) is -0.299. The Morgan fingerprint density at radius 3 is 1.80 bits per heavy atom. The number of sulfonamides is 1. The van der Waals surface area contributed by atoms with Gasteiger partial charge < -0.3 is 0 Å². The van der Waals surface area contributed by atoms with Crippen molar-refractivity contribution in [3.63, 3.8) is 0 Å². The molecule has 0 saturated carbocycles. The number of hydrogen-bond acceptors (Lipinski definition) is 2. The van der Waals surface area contributed by atoms with Crippen LogP contribution in [0.1, 0.15) is 11.1 Å². The average Bonchev–Trinajstić information content (AvgIpc) is 2.46. The van der Waals surface area contributed by atoms with Crippen LogP contribution in [0.2, 0.25) is 0 Å². The van der Waals surface area contributed by atoms with Crippen LogP contribution in [-0.4, -0.2) is 26.8 Å². The number of benzene rings is 2. The van der Waals surface area contributed by atoms with Crippen LogP contribution >= 0.6 is 0 Å². The minimum Gasteiger partial charge on any atom is -0.207 e. The maximum absolute atomic E-state index is 11.9. The molecule has 0 bridgehead atoms. The van der Waals surface area contributed by atoms with E-state index < -0.39 is 10.0 Å². The Hall–Kier alpha value is -1.91. The van der Waals surface area contributed by atoms with Gasteiger partial charge in [-0.1, -0.05) is 54.6 Å². The van der Waals surface area contributed by atoms with Gasteiger partial charge in [-0.15, -0.1) is 0 Å². The molecule has 0 radical (unpaired) electrons. The van der Waals surface area contributed by atoms with E-state index in [2.05, 4.69) is 0 Å². The molecule has 0 aliphatic rings. The molecule has 2 aromatic rings. The zero-order valence-electron chi connectivity index (χ0n) is 11.5. The molecule has 4 heteroatoms. The summed E-state index contributed by atoms with van der Waals surface area (Å²) in [4.78, 5) is 0.305. The highest BCUT2D eigenvalue weighted by atomic mass is 32.2. The van der Waals surface area contributed by atoms with Crippen molar-refractivity contribution in [1.29, 1.82) is 0 Å². The molecule has 3 nitrogen and oxygen atoms in total. The normalized spacial score (nSPS) is 12.2. The number of rotatable bonds is 4. The van der Waals surface area contributed by atoms with Crippen LogP contribution in [0.15, 0.2) is 59.5 Å². The van der Waals surface area contributed by atoms with Crippen molar-refractivity contribution < 1.29 is 8.42 Å². The quantitative estimate of drug-likeness (QED) is 0.810. The minimum absolute atomic E-state index is 0.305. The van der Waals surface area contributed by atoms with Crippen LogP contribution in [-0.2, 0) is 10.0 Å². The van der Waals surface area contributed by atoms with Crippen LogP contribution in [0.4, 0.5) is 0 Å². The molecule has 0 amide bonds. The predicted molar refractivity (Wildman–Crippen MR) is 82.7 cm³/mol. The SMILES string of the molecule is CN(C)S(=O)(=O)c1ccc(/C=C/c2ccccc2)cc1. The van der Waals surface area contributed by atoms with Gasteiger partial charge in [0.2, 0.25) is 10.0 Å². The van der Waals surface area contributed by atoms with Crippen LogP contribution in [0.25, 0.3) is 12.2 Å². The molecular formula is C16H17NO2S. The number of nitrogens with zero attached hydrogens (tertiary/aromatic N) is 1. The van der Waals surface area contributed by atoms with E-state index >= 15 is 0 Å². The van der Waals surface area contributed by atoms with Crippen molar-refractivity contribution >= 4 is 22.2 Å². The molecule has 0 heterocycles. The lowest BCUT2D eigenvalue weighted by atomic mass is 10.1. The van der Waals surface area contributed by atoms with Gasteiger partial charge >= 0.3 is 0 Å². The highest BCUT2D eigenvalue weighted by Gasteiger charge is 2.16. The summed E-state index contributed by atoms with van der Waals surface area (Å²) in [5.74, 6) is 0. The van der Waals surface area contributed by atoms with Gasteiger partial charge in [0.25, 0.3) is 0 Å². The summed E-state index contributed by atoms with van der Waals surface area (Å²) < 4.78 is 25.1. The van der Waals surface area contributed by atoms with Gasteiger partial charge in [0.1, 0.15) is 0 Å². The van der Waals surface area contributed by atoms with E-state index in [0.29, 0.717) is 4.90 Å². The summed E-state index contributed by atoms with van der Waals surface area (Å²) in [6, 6.07) is 16.8. The largest absolute Gasteiger partial charge is 0.242 e. The monoisotopic (exact) mass is 287 g/mol. The maximum Gasteiger partial charge on any atom is 0.242 e. The van der Waals surface area contributed by atoms with Crippen molar-refractivity contribution in [1.82, 2.24) is 4.31 Å². The van der Waals surface area contributed by atoms with Crippen molar-refractivity contribution in [3.05, 3.63) is 65.7 Å². The van der Waals surface area contributed by atoms with Gasteiger partial charge in [0.15, 0.2) is 0 Å². The van der Waals surface area contributed by atoms with Gasteiger partial charge in [-0.2, -0.15) is 0 Å². The Morgan fingerprint density at radius 2 is 1.30 bits per heavy atom. The van der Waals surface area contributed by atoms with E-state index in [0.717, 1.165) is 11.1 Å². The Labute approximate surface area is 120 Å². The van der Waals surface area contributed by atoms with Crippen LogP contribution in [0, 0.1) is 0 Å². The molecule has 104 valence electrons. The summed E-state index contributed by atoms with van der Waals surface area (Å²) in [5, 5.41) is 0. The fraction of sp³-hybridized carbons (Fsp3) is 0.125. The summed E-state index contributed by atoms with van der Waals surface area (Å²) in [6.45, 7) is 0. The highest BCUT2D eigenvalue weighted by Crippen LogP contribution is 2.15. The van der Waals surface area contributed by atoms with E-state index in [-0.39, 0.29) is 0 Å². The third kappa shape index (κ3) is 3.35. The Balaban J connectivity index is 2.20.